The molecule has 0 fully saturated rings. The standard InChI is InChI=1S/C22H23N3O2/c1-16(2)27-21-10-8-19(9-11-21)25-20-12-18(14-23-15-20)22(26)24-13-17-6-4-3-5-7-17/h3-12,14-16,25H,13H2,1-2H3,(H,24,26). The predicted molar refractivity (Wildman–Crippen MR) is 107 cm³/mol. The second-order valence-corrected chi connectivity index (χ2v) is 6.45. The van der Waals surface area contributed by atoms with E-state index in [0.717, 1.165) is 22.7 Å². The number of carbonyl (C=O) groups is 1. The van der Waals surface area contributed by atoms with Gasteiger partial charge < -0.3 is 15.4 Å². The summed E-state index contributed by atoms with van der Waals surface area (Å²) in [4.78, 5) is 16.5. The average Bonchev–Trinajstić information content (AvgIpc) is 2.68. The van der Waals surface area contributed by atoms with Crippen molar-refractivity contribution in [2.45, 2.75) is 26.5 Å². The summed E-state index contributed by atoms with van der Waals surface area (Å²) in [6.45, 7) is 4.47. The molecule has 0 aliphatic carbocycles. The molecule has 0 saturated carbocycles. The number of hydrogen-bond donors (Lipinski definition) is 2. The van der Waals surface area contributed by atoms with Gasteiger partial charge in [0.05, 0.1) is 23.6 Å². The monoisotopic (exact) mass is 361 g/mol. The molecule has 1 heterocycles. The maximum absolute atomic E-state index is 12.4. The summed E-state index contributed by atoms with van der Waals surface area (Å²) in [6, 6.07) is 19.3. The number of anilines is 2. The Morgan fingerprint density at radius 1 is 1.00 bits per heavy atom. The van der Waals surface area contributed by atoms with Crippen LogP contribution in [0.15, 0.2) is 73.1 Å². The Bertz CT molecular complexity index is 878. The highest BCUT2D eigenvalue weighted by atomic mass is 16.5. The van der Waals surface area contributed by atoms with Crippen LogP contribution in [0.5, 0.6) is 5.75 Å². The van der Waals surface area contributed by atoms with Gasteiger partial charge in [0.15, 0.2) is 0 Å². The molecule has 3 rings (SSSR count). The number of carbonyl (C=O) groups excluding carboxylic acids is 1. The molecule has 0 unspecified atom stereocenters. The van der Waals surface area contributed by atoms with Crippen LogP contribution in [0, 0.1) is 0 Å². The van der Waals surface area contributed by atoms with Crippen LogP contribution in [0.4, 0.5) is 11.4 Å². The van der Waals surface area contributed by atoms with Crippen molar-refractivity contribution in [1.82, 2.24) is 10.3 Å². The van der Waals surface area contributed by atoms with Gasteiger partial charge in [-0.05, 0) is 49.7 Å². The Kier molecular flexibility index (Phi) is 6.05. The molecular formula is C22H23N3O2. The molecular weight excluding hydrogens is 338 g/mol. The van der Waals surface area contributed by atoms with Gasteiger partial charge in [-0.1, -0.05) is 30.3 Å². The van der Waals surface area contributed by atoms with E-state index in [2.05, 4.69) is 15.6 Å². The van der Waals surface area contributed by atoms with Gasteiger partial charge in [0.2, 0.25) is 0 Å². The number of nitrogens with zero attached hydrogens (tertiary/aromatic N) is 1. The Labute approximate surface area is 159 Å². The van der Waals surface area contributed by atoms with Crippen LogP contribution < -0.4 is 15.4 Å². The quantitative estimate of drug-likeness (QED) is 0.648. The Morgan fingerprint density at radius 3 is 2.44 bits per heavy atom. The van der Waals surface area contributed by atoms with Crippen molar-refractivity contribution in [3.8, 4) is 5.75 Å². The molecule has 0 aliphatic heterocycles. The fraction of sp³-hybridized carbons (Fsp3) is 0.182. The minimum atomic E-state index is -0.157. The molecule has 27 heavy (non-hydrogen) atoms. The topological polar surface area (TPSA) is 63.2 Å². The first kappa shape index (κ1) is 18.5. The van der Waals surface area contributed by atoms with Gasteiger partial charge in [0, 0.05) is 18.4 Å². The zero-order valence-corrected chi connectivity index (χ0v) is 15.5. The Balaban J connectivity index is 1.62. The fourth-order valence-electron chi connectivity index (χ4n) is 2.57. The second kappa shape index (κ2) is 8.85. The van der Waals surface area contributed by atoms with E-state index in [9.17, 15) is 4.79 Å². The predicted octanol–water partition coefficient (Wildman–Crippen LogP) is 4.54. The summed E-state index contributed by atoms with van der Waals surface area (Å²) in [7, 11) is 0. The molecule has 0 spiro atoms. The first-order chi connectivity index (χ1) is 13.1. The van der Waals surface area contributed by atoms with E-state index in [1.165, 1.54) is 0 Å². The first-order valence-electron chi connectivity index (χ1n) is 8.91. The molecule has 0 aliphatic rings. The molecule has 5 heteroatoms. The van der Waals surface area contributed by atoms with Crippen molar-refractivity contribution in [3.63, 3.8) is 0 Å². The molecule has 1 amide bonds. The SMILES string of the molecule is CC(C)Oc1ccc(Nc2cncc(C(=O)NCc3ccccc3)c2)cc1. The van der Waals surface area contributed by atoms with E-state index in [4.69, 9.17) is 4.74 Å². The van der Waals surface area contributed by atoms with Crippen LogP contribution in [0.3, 0.4) is 0 Å². The van der Waals surface area contributed by atoms with Crippen molar-refractivity contribution >= 4 is 17.3 Å². The fourth-order valence-corrected chi connectivity index (χ4v) is 2.57. The summed E-state index contributed by atoms with van der Waals surface area (Å²) in [5.74, 6) is 0.665. The van der Waals surface area contributed by atoms with Crippen molar-refractivity contribution in [1.29, 1.82) is 0 Å². The summed E-state index contributed by atoms with van der Waals surface area (Å²) >= 11 is 0. The third-order valence-electron chi connectivity index (χ3n) is 3.81. The van der Waals surface area contributed by atoms with E-state index < -0.39 is 0 Å². The zero-order chi connectivity index (χ0) is 19.1. The van der Waals surface area contributed by atoms with Crippen LogP contribution in [0.2, 0.25) is 0 Å². The molecule has 0 bridgehead atoms. The van der Waals surface area contributed by atoms with Gasteiger partial charge in [-0.15, -0.1) is 0 Å². The van der Waals surface area contributed by atoms with E-state index in [1.807, 2.05) is 68.4 Å². The van der Waals surface area contributed by atoms with Crippen LogP contribution >= 0.6 is 0 Å². The molecule has 5 nitrogen and oxygen atoms in total. The number of pyridine rings is 1. The first-order valence-corrected chi connectivity index (χ1v) is 8.91. The summed E-state index contributed by atoms with van der Waals surface area (Å²) in [6.07, 6.45) is 3.39. The lowest BCUT2D eigenvalue weighted by atomic mass is 10.2. The van der Waals surface area contributed by atoms with E-state index in [-0.39, 0.29) is 12.0 Å². The zero-order valence-electron chi connectivity index (χ0n) is 15.5. The smallest absolute Gasteiger partial charge is 0.253 e. The van der Waals surface area contributed by atoms with Gasteiger partial charge in [0.25, 0.3) is 5.91 Å². The molecule has 0 atom stereocenters. The van der Waals surface area contributed by atoms with Crippen LogP contribution in [0.25, 0.3) is 0 Å². The molecule has 2 aromatic carbocycles. The lowest BCUT2D eigenvalue weighted by Crippen LogP contribution is -2.22. The lowest BCUT2D eigenvalue weighted by molar-refractivity contribution is 0.0950. The number of ether oxygens (including phenoxy) is 1. The van der Waals surface area contributed by atoms with Crippen molar-refractivity contribution in [3.05, 3.63) is 84.2 Å². The largest absolute Gasteiger partial charge is 0.491 e. The highest BCUT2D eigenvalue weighted by Crippen LogP contribution is 2.21. The van der Waals surface area contributed by atoms with Crippen molar-refractivity contribution < 1.29 is 9.53 Å². The number of rotatable bonds is 7. The summed E-state index contributed by atoms with van der Waals surface area (Å²) in [5.41, 5.74) is 3.21. The van der Waals surface area contributed by atoms with Gasteiger partial charge in [-0.25, -0.2) is 0 Å². The Morgan fingerprint density at radius 2 is 1.74 bits per heavy atom. The van der Waals surface area contributed by atoms with Gasteiger partial charge in [-0.3, -0.25) is 9.78 Å². The molecule has 3 aromatic rings. The lowest BCUT2D eigenvalue weighted by Gasteiger charge is -2.11. The number of nitrogens with one attached hydrogen (secondary N) is 2. The van der Waals surface area contributed by atoms with Crippen molar-refractivity contribution in [2.24, 2.45) is 0 Å². The van der Waals surface area contributed by atoms with Gasteiger partial charge >= 0.3 is 0 Å². The summed E-state index contributed by atoms with van der Waals surface area (Å²) in [5, 5.41) is 6.16. The van der Waals surface area contributed by atoms with Crippen LogP contribution in [-0.2, 0) is 6.54 Å². The number of aromatic nitrogens is 1. The highest BCUT2D eigenvalue weighted by Gasteiger charge is 2.07. The van der Waals surface area contributed by atoms with Crippen LogP contribution in [0.1, 0.15) is 29.8 Å². The number of benzene rings is 2. The average molecular weight is 361 g/mol. The van der Waals surface area contributed by atoms with Crippen molar-refractivity contribution in [2.75, 3.05) is 5.32 Å². The third kappa shape index (κ3) is 5.57. The molecule has 0 saturated heterocycles. The summed E-state index contributed by atoms with van der Waals surface area (Å²) < 4.78 is 5.64. The Hall–Kier alpha value is -3.34. The highest BCUT2D eigenvalue weighted by molar-refractivity contribution is 5.94. The number of amides is 1. The van der Waals surface area contributed by atoms with E-state index >= 15 is 0 Å². The van der Waals surface area contributed by atoms with E-state index in [1.54, 1.807) is 18.5 Å². The maximum Gasteiger partial charge on any atom is 0.253 e. The van der Waals surface area contributed by atoms with Gasteiger partial charge in [0.1, 0.15) is 5.75 Å². The second-order valence-electron chi connectivity index (χ2n) is 6.45. The normalized spacial score (nSPS) is 10.5. The maximum atomic E-state index is 12.4. The molecule has 2 N–H and O–H groups in total. The molecule has 1 aromatic heterocycles. The number of hydrogen-bond acceptors (Lipinski definition) is 4. The minimum Gasteiger partial charge on any atom is -0.491 e. The van der Waals surface area contributed by atoms with E-state index in [0.29, 0.717) is 12.1 Å². The third-order valence-corrected chi connectivity index (χ3v) is 3.81. The minimum absolute atomic E-state index is 0.138. The molecule has 138 valence electrons. The van der Waals surface area contributed by atoms with Gasteiger partial charge in [-0.2, -0.15) is 0 Å². The molecule has 0 radical (unpaired) electrons. The van der Waals surface area contributed by atoms with Crippen LogP contribution in [-0.4, -0.2) is 17.0 Å².